The van der Waals surface area contributed by atoms with Crippen LogP contribution < -0.4 is 0 Å². The monoisotopic (exact) mass is 348 g/mol. The first-order chi connectivity index (χ1) is 11.8. The largest absolute Gasteiger partial charge is 0.455 e. The molecule has 25 heavy (non-hydrogen) atoms. The average Bonchev–Trinajstić information content (AvgIpc) is 3.05. The quantitative estimate of drug-likeness (QED) is 0.626. The molecule has 0 aromatic heterocycles. The number of aliphatic hydroxyl groups is 3. The normalized spacial score (nSPS) is 56.6. The maximum Gasteiger partial charge on any atom is 0.331 e. The van der Waals surface area contributed by atoms with Crippen LogP contribution in [0.3, 0.4) is 0 Å². The van der Waals surface area contributed by atoms with Gasteiger partial charge in [0.2, 0.25) is 0 Å². The molecule has 3 N–H and O–H groups in total. The highest BCUT2D eigenvalue weighted by atomic mass is 16.5. The number of rotatable bonds is 1. The smallest absolute Gasteiger partial charge is 0.331 e. The van der Waals surface area contributed by atoms with Crippen molar-refractivity contribution in [1.82, 2.24) is 0 Å². The molecule has 0 radical (unpaired) electrons. The zero-order chi connectivity index (χ0) is 17.6. The van der Waals surface area contributed by atoms with Crippen LogP contribution in [-0.4, -0.2) is 45.7 Å². The van der Waals surface area contributed by atoms with E-state index in [0.29, 0.717) is 11.8 Å². The molecule has 5 aliphatic rings. The Morgan fingerprint density at radius 3 is 2.80 bits per heavy atom. The minimum Gasteiger partial charge on any atom is -0.455 e. The maximum absolute atomic E-state index is 11.8. The Hall–Kier alpha value is -0.910. The molecule has 4 saturated carbocycles. The molecule has 4 fully saturated rings. The SMILES string of the molecule is C[C@@]12CC[C@H]3OC(=O)C=C3[C@H]1CC[C@@]13C[C@H](CC[C@@H]21)[C@@](O)(CO)[C@@H]3O. The van der Waals surface area contributed by atoms with Crippen LogP contribution in [0.5, 0.6) is 0 Å². The van der Waals surface area contributed by atoms with Gasteiger partial charge in [-0.2, -0.15) is 0 Å². The number of carbonyl (C=O) groups excluding carboxylic acids is 1. The van der Waals surface area contributed by atoms with Gasteiger partial charge in [0, 0.05) is 11.5 Å². The van der Waals surface area contributed by atoms with Gasteiger partial charge in [0.15, 0.2) is 0 Å². The van der Waals surface area contributed by atoms with E-state index in [-0.39, 0.29) is 35.4 Å². The standard InChI is InChI=1S/C20H28O5/c1-18-6-5-14-12(8-16(22)25-14)13(18)4-7-19-9-11(2-3-15(18)19)20(24,10-21)17(19)23/h8,11,13-15,17,21,23-24H,2-7,9-10H2,1H3/t11-,13+,14+,15-,17+,18+,19+,20-/m0/s1. The summed E-state index contributed by atoms with van der Waals surface area (Å²) in [7, 11) is 0. The van der Waals surface area contributed by atoms with E-state index in [4.69, 9.17) is 4.74 Å². The van der Waals surface area contributed by atoms with Crippen molar-refractivity contribution < 1.29 is 24.9 Å². The number of carbonyl (C=O) groups is 1. The molecular weight excluding hydrogens is 320 g/mol. The molecular formula is C20H28O5. The summed E-state index contributed by atoms with van der Waals surface area (Å²) in [5, 5.41) is 31.9. The van der Waals surface area contributed by atoms with E-state index in [2.05, 4.69) is 6.92 Å². The van der Waals surface area contributed by atoms with E-state index in [1.807, 2.05) is 0 Å². The van der Waals surface area contributed by atoms with Crippen LogP contribution in [-0.2, 0) is 9.53 Å². The summed E-state index contributed by atoms with van der Waals surface area (Å²) in [5.41, 5.74) is -0.439. The minimum absolute atomic E-state index is 0.00385. The number of hydrogen-bond donors (Lipinski definition) is 3. The first kappa shape index (κ1) is 16.3. The van der Waals surface area contributed by atoms with E-state index in [9.17, 15) is 20.1 Å². The van der Waals surface area contributed by atoms with E-state index in [1.165, 1.54) is 5.57 Å². The first-order valence-electron chi connectivity index (χ1n) is 9.78. The number of esters is 1. The third-order valence-corrected chi connectivity index (χ3v) is 8.86. The van der Waals surface area contributed by atoms with Crippen LogP contribution >= 0.6 is 0 Å². The Bertz CT molecular complexity index is 658. The number of fused-ring (bicyclic) bond motifs is 5. The van der Waals surface area contributed by atoms with Crippen LogP contribution in [0.15, 0.2) is 11.6 Å². The highest BCUT2D eigenvalue weighted by molar-refractivity contribution is 5.86. The van der Waals surface area contributed by atoms with Gasteiger partial charge in [-0.15, -0.1) is 0 Å². The van der Waals surface area contributed by atoms with Crippen LogP contribution in [0.25, 0.3) is 0 Å². The second kappa shape index (κ2) is 4.87. The van der Waals surface area contributed by atoms with Gasteiger partial charge < -0.3 is 20.1 Å². The lowest BCUT2D eigenvalue weighted by Gasteiger charge is -2.61. The van der Waals surface area contributed by atoms with E-state index in [1.54, 1.807) is 6.08 Å². The fraction of sp³-hybridized carbons (Fsp3) is 0.850. The highest BCUT2D eigenvalue weighted by Gasteiger charge is 2.71. The predicted octanol–water partition coefficient (Wildman–Crippen LogP) is 1.55. The van der Waals surface area contributed by atoms with Crippen LogP contribution in [0.1, 0.15) is 51.9 Å². The second-order valence-electron chi connectivity index (χ2n) is 9.52. The van der Waals surface area contributed by atoms with Crippen molar-refractivity contribution in [3.05, 3.63) is 11.6 Å². The van der Waals surface area contributed by atoms with E-state index in [0.717, 1.165) is 44.9 Å². The lowest BCUT2D eigenvalue weighted by molar-refractivity contribution is -0.169. The molecule has 5 nitrogen and oxygen atoms in total. The molecule has 4 aliphatic carbocycles. The predicted molar refractivity (Wildman–Crippen MR) is 89.3 cm³/mol. The van der Waals surface area contributed by atoms with Gasteiger partial charge >= 0.3 is 5.97 Å². The Kier molecular flexibility index (Phi) is 3.17. The van der Waals surface area contributed by atoms with E-state index >= 15 is 0 Å². The third kappa shape index (κ3) is 1.77. The minimum atomic E-state index is -1.35. The van der Waals surface area contributed by atoms with Crippen molar-refractivity contribution in [1.29, 1.82) is 0 Å². The van der Waals surface area contributed by atoms with Gasteiger partial charge in [-0.05, 0) is 73.7 Å². The van der Waals surface area contributed by atoms with Crippen molar-refractivity contribution in [2.24, 2.45) is 28.6 Å². The van der Waals surface area contributed by atoms with Crippen LogP contribution in [0.4, 0.5) is 0 Å². The molecule has 1 aliphatic heterocycles. The topological polar surface area (TPSA) is 87.0 Å². The van der Waals surface area contributed by atoms with Gasteiger partial charge in [0.1, 0.15) is 11.7 Å². The number of ether oxygens (including phenoxy) is 1. The molecule has 5 heteroatoms. The molecule has 138 valence electrons. The van der Waals surface area contributed by atoms with Gasteiger partial charge in [-0.25, -0.2) is 4.79 Å². The maximum atomic E-state index is 11.8. The fourth-order valence-corrected chi connectivity index (χ4v) is 7.77. The van der Waals surface area contributed by atoms with Gasteiger partial charge in [0.05, 0.1) is 12.7 Å². The Morgan fingerprint density at radius 1 is 1.24 bits per heavy atom. The molecule has 1 heterocycles. The van der Waals surface area contributed by atoms with Crippen molar-refractivity contribution in [3.8, 4) is 0 Å². The lowest BCUT2D eigenvalue weighted by atomic mass is 9.44. The van der Waals surface area contributed by atoms with Gasteiger partial charge in [-0.3, -0.25) is 0 Å². The zero-order valence-electron chi connectivity index (χ0n) is 14.8. The molecule has 1 spiro atoms. The summed E-state index contributed by atoms with van der Waals surface area (Å²) in [5.74, 6) is 0.447. The van der Waals surface area contributed by atoms with Crippen molar-refractivity contribution >= 4 is 5.97 Å². The van der Waals surface area contributed by atoms with Crippen molar-refractivity contribution in [3.63, 3.8) is 0 Å². The molecule has 2 bridgehead atoms. The van der Waals surface area contributed by atoms with Crippen molar-refractivity contribution in [2.75, 3.05) is 6.61 Å². The highest BCUT2D eigenvalue weighted by Crippen LogP contribution is 2.71. The van der Waals surface area contributed by atoms with Crippen LogP contribution in [0, 0.1) is 28.6 Å². The Morgan fingerprint density at radius 2 is 2.04 bits per heavy atom. The van der Waals surface area contributed by atoms with E-state index < -0.39 is 11.7 Å². The van der Waals surface area contributed by atoms with Crippen molar-refractivity contribution in [2.45, 2.75) is 69.7 Å². The lowest BCUT2D eigenvalue weighted by Crippen LogP contribution is -2.58. The summed E-state index contributed by atoms with van der Waals surface area (Å²) < 4.78 is 5.47. The molecule has 0 unspecified atom stereocenters. The number of aliphatic hydroxyl groups excluding tert-OH is 2. The zero-order valence-corrected chi connectivity index (χ0v) is 14.8. The summed E-state index contributed by atoms with van der Waals surface area (Å²) in [4.78, 5) is 11.8. The average molecular weight is 348 g/mol. The number of hydrogen-bond acceptors (Lipinski definition) is 5. The molecule has 0 aromatic rings. The second-order valence-corrected chi connectivity index (χ2v) is 9.52. The molecule has 5 rings (SSSR count). The summed E-state index contributed by atoms with van der Waals surface area (Å²) in [6.45, 7) is 1.97. The fourth-order valence-electron chi connectivity index (χ4n) is 7.77. The van der Waals surface area contributed by atoms with Gasteiger partial charge in [0.25, 0.3) is 0 Å². The first-order valence-corrected chi connectivity index (χ1v) is 9.78. The Balaban J connectivity index is 1.56. The molecule has 8 atom stereocenters. The third-order valence-electron chi connectivity index (χ3n) is 8.86. The summed E-state index contributed by atoms with van der Waals surface area (Å²) in [6.07, 6.45) is 7.13. The summed E-state index contributed by atoms with van der Waals surface area (Å²) in [6, 6.07) is 0. The molecule has 0 amide bonds. The Labute approximate surface area is 148 Å². The molecule has 0 saturated heterocycles. The summed E-state index contributed by atoms with van der Waals surface area (Å²) >= 11 is 0. The molecule has 0 aromatic carbocycles. The van der Waals surface area contributed by atoms with Crippen LogP contribution in [0.2, 0.25) is 0 Å². The van der Waals surface area contributed by atoms with Gasteiger partial charge in [-0.1, -0.05) is 6.92 Å².